The molecule has 2 atom stereocenters. The number of anilines is 1. The third-order valence-electron chi connectivity index (χ3n) is 6.32. The van der Waals surface area contributed by atoms with Crippen molar-refractivity contribution in [2.45, 2.75) is 32.2 Å². The molecule has 3 aliphatic rings. The highest BCUT2D eigenvalue weighted by molar-refractivity contribution is 7.19. The third-order valence-corrected chi connectivity index (χ3v) is 7.51. The van der Waals surface area contributed by atoms with E-state index in [9.17, 15) is 5.11 Å². The molecular weight excluding hydrogens is 334 g/mol. The standard InChI is InChI=1S/C18H25N5OS/c19-16-15-12-3-1-2-4-13(12)25-17(15)22-14(21-16)7-23-6-11-5-20-8-18(11,9-23)10-24/h11,20,24H,1-10H2,(H2,19,21,22). The molecule has 6 nitrogen and oxygen atoms in total. The second-order valence-electron chi connectivity index (χ2n) is 7.93. The molecule has 2 fully saturated rings. The number of hydrogen-bond acceptors (Lipinski definition) is 7. The van der Waals surface area contributed by atoms with E-state index in [0.717, 1.165) is 61.6 Å². The van der Waals surface area contributed by atoms with Gasteiger partial charge >= 0.3 is 0 Å². The lowest BCUT2D eigenvalue weighted by atomic mass is 9.82. The van der Waals surface area contributed by atoms with Gasteiger partial charge in [0.1, 0.15) is 16.5 Å². The van der Waals surface area contributed by atoms with Gasteiger partial charge in [0.05, 0.1) is 18.5 Å². The first-order valence-corrected chi connectivity index (χ1v) is 10.1. The smallest absolute Gasteiger partial charge is 0.146 e. The van der Waals surface area contributed by atoms with Gasteiger partial charge in [-0.2, -0.15) is 0 Å². The SMILES string of the molecule is Nc1nc(CN2CC3CNCC3(CO)C2)nc2sc3c(c12)CCCC3. The van der Waals surface area contributed by atoms with Crippen LogP contribution in [-0.4, -0.2) is 52.8 Å². The average Bonchev–Trinajstić information content (AvgIpc) is 3.24. The number of nitrogens with zero attached hydrogens (tertiary/aromatic N) is 3. The van der Waals surface area contributed by atoms with Crippen LogP contribution in [0.5, 0.6) is 0 Å². The summed E-state index contributed by atoms with van der Waals surface area (Å²) < 4.78 is 0. The molecule has 2 unspecified atom stereocenters. The van der Waals surface area contributed by atoms with Crippen LogP contribution in [0.1, 0.15) is 29.1 Å². The lowest BCUT2D eigenvalue weighted by Gasteiger charge is -2.25. The Balaban J connectivity index is 1.42. The van der Waals surface area contributed by atoms with Gasteiger partial charge in [0.2, 0.25) is 0 Å². The van der Waals surface area contributed by atoms with Gasteiger partial charge in [-0.15, -0.1) is 11.3 Å². The van der Waals surface area contributed by atoms with Crippen molar-refractivity contribution in [2.75, 3.05) is 38.5 Å². The van der Waals surface area contributed by atoms with E-state index in [-0.39, 0.29) is 12.0 Å². The molecule has 0 bridgehead atoms. The highest BCUT2D eigenvalue weighted by atomic mass is 32.1. The molecule has 25 heavy (non-hydrogen) atoms. The fourth-order valence-electron chi connectivity index (χ4n) is 4.98. The summed E-state index contributed by atoms with van der Waals surface area (Å²) in [6.07, 6.45) is 4.78. The Morgan fingerprint density at radius 2 is 2.20 bits per heavy atom. The minimum atomic E-state index is 0.0116. The molecule has 134 valence electrons. The quantitative estimate of drug-likeness (QED) is 0.762. The molecule has 0 aromatic carbocycles. The number of aliphatic hydroxyl groups excluding tert-OH is 1. The molecule has 2 aromatic heterocycles. The van der Waals surface area contributed by atoms with Gasteiger partial charge in [-0.3, -0.25) is 4.90 Å². The van der Waals surface area contributed by atoms with Crippen LogP contribution < -0.4 is 11.1 Å². The van der Waals surface area contributed by atoms with Gasteiger partial charge in [0.25, 0.3) is 0 Å². The molecule has 2 aromatic rings. The zero-order valence-electron chi connectivity index (χ0n) is 14.4. The minimum absolute atomic E-state index is 0.0116. The minimum Gasteiger partial charge on any atom is -0.396 e. The number of thiophene rings is 1. The van der Waals surface area contributed by atoms with E-state index >= 15 is 0 Å². The average molecular weight is 359 g/mol. The molecule has 2 aliphatic heterocycles. The topological polar surface area (TPSA) is 87.3 Å². The highest BCUT2D eigenvalue weighted by Gasteiger charge is 2.49. The largest absolute Gasteiger partial charge is 0.396 e. The van der Waals surface area contributed by atoms with Crippen molar-refractivity contribution < 1.29 is 5.11 Å². The fourth-order valence-corrected chi connectivity index (χ4v) is 6.27. The lowest BCUT2D eigenvalue weighted by Crippen LogP contribution is -2.36. The molecule has 0 saturated carbocycles. The summed E-state index contributed by atoms with van der Waals surface area (Å²) in [5, 5.41) is 14.4. The molecule has 7 heteroatoms. The van der Waals surface area contributed by atoms with Crippen LogP contribution in [-0.2, 0) is 19.4 Å². The van der Waals surface area contributed by atoms with Crippen molar-refractivity contribution in [1.82, 2.24) is 20.2 Å². The van der Waals surface area contributed by atoms with Crippen LogP contribution >= 0.6 is 11.3 Å². The first-order chi connectivity index (χ1) is 12.2. The maximum absolute atomic E-state index is 9.87. The Labute approximate surface area is 151 Å². The van der Waals surface area contributed by atoms with E-state index in [4.69, 9.17) is 10.7 Å². The van der Waals surface area contributed by atoms with Crippen molar-refractivity contribution in [1.29, 1.82) is 0 Å². The summed E-state index contributed by atoms with van der Waals surface area (Å²) in [7, 11) is 0. The van der Waals surface area contributed by atoms with Crippen molar-refractivity contribution in [3.8, 4) is 0 Å². The number of likely N-dealkylation sites (tertiary alicyclic amines) is 1. The van der Waals surface area contributed by atoms with Crippen molar-refractivity contribution >= 4 is 27.4 Å². The molecule has 0 spiro atoms. The second kappa shape index (κ2) is 5.87. The van der Waals surface area contributed by atoms with Gasteiger partial charge in [0.15, 0.2) is 0 Å². The van der Waals surface area contributed by atoms with Crippen LogP contribution in [0, 0.1) is 11.3 Å². The summed E-state index contributed by atoms with van der Waals surface area (Å²) >= 11 is 1.81. The van der Waals surface area contributed by atoms with E-state index in [1.165, 1.54) is 23.3 Å². The Morgan fingerprint density at radius 3 is 3.04 bits per heavy atom. The monoisotopic (exact) mass is 359 g/mol. The maximum Gasteiger partial charge on any atom is 0.146 e. The normalized spacial score (nSPS) is 29.2. The van der Waals surface area contributed by atoms with Crippen LogP contribution in [0.25, 0.3) is 10.2 Å². The van der Waals surface area contributed by atoms with Crippen LogP contribution in [0.3, 0.4) is 0 Å². The van der Waals surface area contributed by atoms with E-state index in [1.54, 1.807) is 11.3 Å². The predicted octanol–water partition coefficient (Wildman–Crippen LogP) is 1.17. The third kappa shape index (κ3) is 2.48. The van der Waals surface area contributed by atoms with E-state index in [1.807, 2.05) is 0 Å². The number of nitrogens with one attached hydrogen (secondary N) is 1. The number of hydrogen-bond donors (Lipinski definition) is 3. The number of aromatic nitrogens is 2. The van der Waals surface area contributed by atoms with Crippen LogP contribution in [0.15, 0.2) is 0 Å². The molecule has 4 N–H and O–H groups in total. The van der Waals surface area contributed by atoms with Gasteiger partial charge < -0.3 is 16.2 Å². The van der Waals surface area contributed by atoms with Gasteiger partial charge in [0, 0.05) is 29.9 Å². The van der Waals surface area contributed by atoms with Crippen LogP contribution in [0.2, 0.25) is 0 Å². The Hall–Kier alpha value is -1.28. The summed E-state index contributed by atoms with van der Waals surface area (Å²) in [4.78, 5) is 14.4. The molecule has 0 amide bonds. The van der Waals surface area contributed by atoms with Gasteiger partial charge in [-0.1, -0.05) is 0 Å². The van der Waals surface area contributed by atoms with E-state index < -0.39 is 0 Å². The van der Waals surface area contributed by atoms with Crippen LogP contribution in [0.4, 0.5) is 5.82 Å². The van der Waals surface area contributed by atoms with Crippen molar-refractivity contribution in [2.24, 2.45) is 11.3 Å². The summed E-state index contributed by atoms with van der Waals surface area (Å²) in [5.41, 5.74) is 7.74. The summed E-state index contributed by atoms with van der Waals surface area (Å²) in [5.74, 6) is 1.99. The number of aliphatic hydroxyl groups is 1. The number of nitrogens with two attached hydrogens (primary N) is 1. The zero-order valence-corrected chi connectivity index (χ0v) is 15.2. The summed E-state index contributed by atoms with van der Waals surface area (Å²) in [6.45, 7) is 4.78. The number of nitrogen functional groups attached to an aromatic ring is 1. The van der Waals surface area contributed by atoms with Crippen molar-refractivity contribution in [3.63, 3.8) is 0 Å². The Morgan fingerprint density at radius 1 is 1.32 bits per heavy atom. The second-order valence-corrected chi connectivity index (χ2v) is 9.02. The number of fused-ring (bicyclic) bond motifs is 4. The first-order valence-electron chi connectivity index (χ1n) is 9.29. The van der Waals surface area contributed by atoms with E-state index in [2.05, 4.69) is 15.2 Å². The number of aryl methyl sites for hydroxylation is 2. The Bertz CT molecular complexity index is 821. The first kappa shape index (κ1) is 15.9. The highest BCUT2D eigenvalue weighted by Crippen LogP contribution is 2.40. The van der Waals surface area contributed by atoms with Gasteiger partial charge in [-0.25, -0.2) is 9.97 Å². The predicted molar refractivity (Wildman–Crippen MR) is 99.6 cm³/mol. The van der Waals surface area contributed by atoms with Crippen molar-refractivity contribution in [3.05, 3.63) is 16.3 Å². The number of rotatable bonds is 3. The summed E-state index contributed by atoms with van der Waals surface area (Å²) in [6, 6.07) is 0. The molecule has 0 radical (unpaired) electrons. The molecule has 4 heterocycles. The van der Waals surface area contributed by atoms with Gasteiger partial charge in [-0.05, 0) is 43.7 Å². The van der Waals surface area contributed by atoms with E-state index in [0.29, 0.717) is 11.7 Å². The maximum atomic E-state index is 9.87. The molecule has 1 aliphatic carbocycles. The fraction of sp³-hybridized carbons (Fsp3) is 0.667. The molecular formula is C18H25N5OS. The molecule has 2 saturated heterocycles. The Kier molecular flexibility index (Phi) is 3.74. The molecule has 5 rings (SSSR count). The lowest BCUT2D eigenvalue weighted by molar-refractivity contribution is 0.123. The zero-order chi connectivity index (χ0) is 17.0.